The third kappa shape index (κ3) is 8.07. The van der Waals surface area contributed by atoms with E-state index < -0.39 is 0 Å². The van der Waals surface area contributed by atoms with E-state index in [9.17, 15) is 28.8 Å². The second-order valence-electron chi connectivity index (χ2n) is 15.9. The van der Waals surface area contributed by atoms with E-state index in [1.54, 1.807) is 0 Å². The van der Waals surface area contributed by atoms with Gasteiger partial charge in [0.2, 0.25) is 35.4 Å². The topological polar surface area (TPSA) is 215 Å². The molecule has 0 aliphatic heterocycles. The molecule has 6 fully saturated rings. The second-order valence-corrected chi connectivity index (χ2v) is 15.9. The van der Waals surface area contributed by atoms with Gasteiger partial charge in [0, 0.05) is 36.3 Å². The summed E-state index contributed by atoms with van der Waals surface area (Å²) in [5, 5.41) is 15.7. The van der Waals surface area contributed by atoms with Crippen LogP contribution in [0.3, 0.4) is 0 Å². The van der Waals surface area contributed by atoms with Crippen LogP contribution in [0.15, 0.2) is 0 Å². The zero-order chi connectivity index (χ0) is 34.7. The van der Waals surface area contributed by atoms with Crippen molar-refractivity contribution in [2.24, 2.45) is 47.0 Å². The first kappa shape index (κ1) is 35.6. The predicted octanol–water partition coefficient (Wildman–Crippen LogP) is 1.02. The molecular formula is C36H57N7O6. The molecule has 6 amide bonds. The molecule has 272 valence electrons. The van der Waals surface area contributed by atoms with Gasteiger partial charge in [0.15, 0.2) is 0 Å². The third-order valence-corrected chi connectivity index (χ3v) is 12.8. The van der Waals surface area contributed by atoms with Crippen LogP contribution in [-0.2, 0) is 28.8 Å². The number of primary amides is 1. The molecule has 9 N–H and O–H groups in total. The van der Waals surface area contributed by atoms with Gasteiger partial charge >= 0.3 is 0 Å². The molecule has 1 unspecified atom stereocenters. The van der Waals surface area contributed by atoms with Crippen molar-refractivity contribution in [3.05, 3.63) is 0 Å². The maximum absolute atomic E-state index is 13.6. The predicted molar refractivity (Wildman–Crippen MR) is 181 cm³/mol. The fraction of sp³-hybridized carbons (Fsp3) is 0.833. The second kappa shape index (κ2) is 15.8. The van der Waals surface area contributed by atoms with Crippen molar-refractivity contribution in [1.82, 2.24) is 26.6 Å². The maximum atomic E-state index is 13.6. The number of nitrogens with two attached hydrogens (primary N) is 2. The summed E-state index contributed by atoms with van der Waals surface area (Å²) in [6.07, 6.45) is 13.8. The zero-order valence-electron chi connectivity index (χ0n) is 28.8. The summed E-state index contributed by atoms with van der Waals surface area (Å²) < 4.78 is 0. The van der Waals surface area contributed by atoms with Gasteiger partial charge in [0.05, 0.1) is 35.5 Å². The quantitative estimate of drug-likeness (QED) is 0.168. The number of carbonyl (C=O) groups is 6. The molecule has 6 rings (SSSR count). The Morgan fingerprint density at radius 3 is 0.878 bits per heavy atom. The number of rotatable bonds is 11. The van der Waals surface area contributed by atoms with E-state index in [1.165, 1.54) is 0 Å². The van der Waals surface area contributed by atoms with Crippen molar-refractivity contribution in [1.29, 1.82) is 0 Å². The Hall–Kier alpha value is -3.22. The molecule has 6 aliphatic carbocycles. The van der Waals surface area contributed by atoms with Gasteiger partial charge in [-0.2, -0.15) is 0 Å². The van der Waals surface area contributed by atoms with E-state index in [-0.39, 0.29) is 107 Å². The van der Waals surface area contributed by atoms with Crippen molar-refractivity contribution in [2.45, 2.75) is 152 Å². The number of nitrogens with one attached hydrogen (secondary N) is 5. The lowest BCUT2D eigenvalue weighted by atomic mass is 9.95. The minimum absolute atomic E-state index is 0.0443. The van der Waals surface area contributed by atoms with Gasteiger partial charge in [-0.1, -0.05) is 38.5 Å². The largest absolute Gasteiger partial charge is 0.369 e. The van der Waals surface area contributed by atoms with Gasteiger partial charge in [-0.25, -0.2) is 0 Å². The summed E-state index contributed by atoms with van der Waals surface area (Å²) in [6.45, 7) is 0. The van der Waals surface area contributed by atoms with Crippen LogP contribution in [0.1, 0.15) is 116 Å². The Kier molecular flexibility index (Phi) is 11.5. The molecule has 0 aromatic rings. The van der Waals surface area contributed by atoms with Crippen molar-refractivity contribution in [3.63, 3.8) is 0 Å². The van der Waals surface area contributed by atoms with Crippen LogP contribution < -0.4 is 38.1 Å². The lowest BCUT2D eigenvalue weighted by Gasteiger charge is -2.29. The number of hydrogen-bond acceptors (Lipinski definition) is 7. The van der Waals surface area contributed by atoms with Gasteiger partial charge in [-0.05, 0) is 77.0 Å². The highest BCUT2D eigenvalue weighted by Crippen LogP contribution is 2.34. The summed E-state index contributed by atoms with van der Waals surface area (Å²) >= 11 is 0. The highest BCUT2D eigenvalue weighted by atomic mass is 16.2. The van der Waals surface area contributed by atoms with Gasteiger partial charge in [-0.15, -0.1) is 0 Å². The first-order valence-electron chi connectivity index (χ1n) is 19.2. The van der Waals surface area contributed by atoms with Crippen LogP contribution >= 0.6 is 0 Å². The first-order chi connectivity index (χ1) is 23.6. The molecule has 0 heterocycles. The fourth-order valence-corrected chi connectivity index (χ4v) is 10.0. The van der Waals surface area contributed by atoms with E-state index in [4.69, 9.17) is 11.5 Å². The fourth-order valence-electron chi connectivity index (χ4n) is 10.0. The molecule has 49 heavy (non-hydrogen) atoms. The minimum Gasteiger partial charge on any atom is -0.369 e. The first-order valence-corrected chi connectivity index (χ1v) is 19.2. The summed E-state index contributed by atoms with van der Waals surface area (Å²) in [6, 6.07) is -1.46. The number of amides is 6. The Labute approximate surface area is 289 Å². The van der Waals surface area contributed by atoms with Crippen LogP contribution in [0.5, 0.6) is 0 Å². The standard InChI is InChI=1S/C36H57N7O6/c37-25-13-1-7-19(25)32(45)40-27-15-3-9-21(27)34(47)42-29-17-5-11-23(29)36(49)43-30-18-6-12-24(30)35(48)41-28-16-4-10-22(28)33(46)39-26-14-2-8-20(26)31(38)44/h19-30H,1-18,37H2,(H2,38,44)(H,39,46)(H,40,45)(H,41,48)(H,42,47)(H,43,49)/t19-,20+,21+,22-,23-,24?,25+,26-,27-,28+,29+,30-/m0/s1. The molecule has 13 nitrogen and oxygen atoms in total. The molecule has 0 radical (unpaired) electrons. The van der Waals surface area contributed by atoms with Gasteiger partial charge in [0.25, 0.3) is 0 Å². The van der Waals surface area contributed by atoms with E-state index >= 15 is 0 Å². The van der Waals surface area contributed by atoms with E-state index in [2.05, 4.69) is 26.6 Å². The third-order valence-electron chi connectivity index (χ3n) is 12.8. The van der Waals surface area contributed by atoms with Crippen LogP contribution in [-0.4, -0.2) is 71.7 Å². The monoisotopic (exact) mass is 683 g/mol. The van der Waals surface area contributed by atoms with Crippen molar-refractivity contribution in [2.75, 3.05) is 0 Å². The summed E-state index contributed by atoms with van der Waals surface area (Å²) in [7, 11) is 0. The number of hydrogen-bond donors (Lipinski definition) is 7. The van der Waals surface area contributed by atoms with Crippen LogP contribution in [0.25, 0.3) is 0 Å². The van der Waals surface area contributed by atoms with Crippen molar-refractivity contribution >= 4 is 35.4 Å². The molecular weight excluding hydrogens is 626 g/mol. The van der Waals surface area contributed by atoms with Crippen molar-refractivity contribution in [3.8, 4) is 0 Å². The van der Waals surface area contributed by atoms with Crippen LogP contribution in [0.4, 0.5) is 0 Å². The summed E-state index contributed by atoms with van der Waals surface area (Å²) in [4.78, 5) is 78.7. The van der Waals surface area contributed by atoms with E-state index in [1.807, 2.05) is 0 Å². The zero-order valence-corrected chi connectivity index (χ0v) is 28.8. The van der Waals surface area contributed by atoms with Crippen LogP contribution in [0.2, 0.25) is 0 Å². The molecule has 0 aromatic carbocycles. The molecule has 0 saturated heterocycles. The Morgan fingerprint density at radius 2 is 0.592 bits per heavy atom. The maximum Gasteiger partial charge on any atom is 0.225 e. The Morgan fingerprint density at radius 1 is 0.347 bits per heavy atom. The minimum atomic E-state index is -0.382. The summed E-state index contributed by atoms with van der Waals surface area (Å²) in [5.41, 5.74) is 11.7. The average molecular weight is 684 g/mol. The highest BCUT2D eigenvalue weighted by Gasteiger charge is 2.44. The molecule has 0 bridgehead atoms. The molecule has 0 spiro atoms. The lowest BCUT2D eigenvalue weighted by Crippen LogP contribution is -2.53. The summed E-state index contributed by atoms with van der Waals surface area (Å²) in [5.74, 6) is -2.88. The Balaban J connectivity index is 0.991. The lowest BCUT2D eigenvalue weighted by molar-refractivity contribution is -0.130. The van der Waals surface area contributed by atoms with Gasteiger partial charge < -0.3 is 38.1 Å². The van der Waals surface area contributed by atoms with Gasteiger partial charge in [0.1, 0.15) is 0 Å². The van der Waals surface area contributed by atoms with Crippen molar-refractivity contribution < 1.29 is 28.8 Å². The molecule has 0 aromatic heterocycles. The van der Waals surface area contributed by atoms with E-state index in [0.717, 1.165) is 64.2 Å². The highest BCUT2D eigenvalue weighted by molar-refractivity contribution is 5.87. The molecule has 6 aliphatic rings. The molecule has 6 saturated carbocycles. The average Bonchev–Trinajstić information content (AvgIpc) is 3.89. The molecule has 13 heteroatoms. The van der Waals surface area contributed by atoms with Gasteiger partial charge in [-0.3, -0.25) is 28.8 Å². The Bertz CT molecular complexity index is 1280. The van der Waals surface area contributed by atoms with Crippen LogP contribution in [0, 0.1) is 35.5 Å². The molecule has 12 atom stereocenters. The van der Waals surface area contributed by atoms with E-state index in [0.29, 0.717) is 51.4 Å². The smallest absolute Gasteiger partial charge is 0.225 e. The SMILES string of the molecule is NC(=O)[C@@H]1CCC[C@@H]1NC(=O)[C@H]1CCC[C@H]1NC(=O)C1CCC[C@@H]1NC(=O)[C@H]1CCC[C@H]1NC(=O)[C@@H]1CCC[C@@H]1NC(=O)[C@H]1CCC[C@H]1N. The number of carbonyl (C=O) groups excluding carboxylic acids is 6. The normalized spacial score (nSPS) is 38.6.